The lowest BCUT2D eigenvalue weighted by Gasteiger charge is -2.09. The van der Waals surface area contributed by atoms with Gasteiger partial charge in [-0.2, -0.15) is 4.37 Å². The van der Waals surface area contributed by atoms with Crippen molar-refractivity contribution >= 4 is 23.3 Å². The molecule has 0 fully saturated rings. The van der Waals surface area contributed by atoms with Crippen LogP contribution >= 0.6 is 23.3 Å². The SMILES string of the molecule is Cc1nsc(SC(C)CNCc2ccco2)n1. The first-order valence-corrected chi connectivity index (χ1v) is 7.09. The van der Waals surface area contributed by atoms with E-state index in [0.29, 0.717) is 5.25 Å². The number of aryl methyl sites for hydroxylation is 1. The maximum absolute atomic E-state index is 5.25. The van der Waals surface area contributed by atoms with Gasteiger partial charge in [-0.15, -0.1) is 0 Å². The van der Waals surface area contributed by atoms with Crippen LogP contribution in [-0.2, 0) is 6.54 Å². The van der Waals surface area contributed by atoms with Crippen molar-refractivity contribution in [1.82, 2.24) is 14.7 Å². The molecule has 6 heteroatoms. The number of thioether (sulfide) groups is 1. The second kappa shape index (κ2) is 6.18. The van der Waals surface area contributed by atoms with E-state index in [2.05, 4.69) is 21.6 Å². The summed E-state index contributed by atoms with van der Waals surface area (Å²) < 4.78 is 10.4. The summed E-state index contributed by atoms with van der Waals surface area (Å²) in [6.07, 6.45) is 1.69. The highest BCUT2D eigenvalue weighted by Crippen LogP contribution is 2.24. The van der Waals surface area contributed by atoms with Crippen molar-refractivity contribution in [3.05, 3.63) is 30.0 Å². The van der Waals surface area contributed by atoms with Crippen molar-refractivity contribution in [2.45, 2.75) is 30.0 Å². The molecule has 0 spiro atoms. The molecule has 2 aromatic heterocycles. The Morgan fingerprint density at radius 1 is 1.59 bits per heavy atom. The number of furan rings is 1. The molecule has 0 amide bonds. The first kappa shape index (κ1) is 12.6. The summed E-state index contributed by atoms with van der Waals surface area (Å²) in [5.74, 6) is 1.82. The molecule has 1 N–H and O–H groups in total. The Morgan fingerprint density at radius 3 is 3.12 bits per heavy atom. The summed E-state index contributed by atoms with van der Waals surface area (Å²) in [5.41, 5.74) is 0. The van der Waals surface area contributed by atoms with Gasteiger partial charge in [0.15, 0.2) is 4.34 Å². The van der Waals surface area contributed by atoms with Crippen molar-refractivity contribution < 1.29 is 4.42 Å². The van der Waals surface area contributed by atoms with Crippen LogP contribution in [0.4, 0.5) is 0 Å². The molecule has 0 aliphatic carbocycles. The van der Waals surface area contributed by atoms with Crippen LogP contribution in [0, 0.1) is 6.92 Å². The van der Waals surface area contributed by atoms with Gasteiger partial charge in [-0.1, -0.05) is 18.7 Å². The molecule has 0 aromatic carbocycles. The second-order valence-electron chi connectivity index (χ2n) is 3.75. The standard InChI is InChI=1S/C11H15N3OS2/c1-8(16-11-13-9(2)14-17-11)6-12-7-10-4-3-5-15-10/h3-5,8,12H,6-7H2,1-2H3. The molecular formula is C11H15N3OS2. The van der Waals surface area contributed by atoms with Gasteiger partial charge in [0, 0.05) is 11.8 Å². The zero-order chi connectivity index (χ0) is 12.1. The molecule has 2 rings (SSSR count). The lowest BCUT2D eigenvalue weighted by molar-refractivity contribution is 0.484. The molecule has 2 heterocycles. The van der Waals surface area contributed by atoms with Gasteiger partial charge in [0.2, 0.25) is 0 Å². The third kappa shape index (κ3) is 4.14. The molecule has 4 nitrogen and oxygen atoms in total. The largest absolute Gasteiger partial charge is 0.468 e. The topological polar surface area (TPSA) is 51.0 Å². The summed E-state index contributed by atoms with van der Waals surface area (Å²) >= 11 is 3.22. The Balaban J connectivity index is 1.69. The van der Waals surface area contributed by atoms with E-state index in [-0.39, 0.29) is 0 Å². The minimum atomic E-state index is 0.470. The van der Waals surface area contributed by atoms with Crippen LogP contribution < -0.4 is 5.32 Å². The average molecular weight is 269 g/mol. The quantitative estimate of drug-likeness (QED) is 0.817. The van der Waals surface area contributed by atoms with E-state index < -0.39 is 0 Å². The van der Waals surface area contributed by atoms with E-state index in [0.717, 1.165) is 29.0 Å². The van der Waals surface area contributed by atoms with Gasteiger partial charge in [0.05, 0.1) is 12.8 Å². The molecule has 2 aromatic rings. The number of aromatic nitrogens is 2. The second-order valence-corrected chi connectivity index (χ2v) is 6.18. The van der Waals surface area contributed by atoms with Crippen molar-refractivity contribution in [2.24, 2.45) is 0 Å². The molecule has 1 atom stereocenters. The molecule has 92 valence electrons. The monoisotopic (exact) mass is 269 g/mol. The Morgan fingerprint density at radius 2 is 2.47 bits per heavy atom. The predicted molar refractivity (Wildman–Crippen MR) is 70.4 cm³/mol. The number of hydrogen-bond acceptors (Lipinski definition) is 6. The number of hydrogen-bond donors (Lipinski definition) is 1. The molecule has 0 radical (unpaired) electrons. The van der Waals surface area contributed by atoms with Crippen LogP contribution in [0.25, 0.3) is 0 Å². The van der Waals surface area contributed by atoms with Crippen LogP contribution in [0.15, 0.2) is 27.2 Å². The van der Waals surface area contributed by atoms with Crippen LogP contribution in [0.5, 0.6) is 0 Å². The van der Waals surface area contributed by atoms with Crippen molar-refractivity contribution in [3.8, 4) is 0 Å². The fourth-order valence-electron chi connectivity index (χ4n) is 1.35. The zero-order valence-electron chi connectivity index (χ0n) is 9.84. The highest BCUT2D eigenvalue weighted by molar-refractivity contribution is 8.01. The normalized spacial score (nSPS) is 12.8. The Hall–Kier alpha value is -0.850. The van der Waals surface area contributed by atoms with Gasteiger partial charge in [0.25, 0.3) is 0 Å². The van der Waals surface area contributed by atoms with Gasteiger partial charge in [-0.25, -0.2) is 4.98 Å². The molecule has 1 unspecified atom stereocenters. The predicted octanol–water partition coefficient (Wildman–Crippen LogP) is 2.71. The summed E-state index contributed by atoms with van der Waals surface area (Å²) in [6.45, 7) is 5.79. The smallest absolute Gasteiger partial charge is 0.170 e. The van der Waals surface area contributed by atoms with Gasteiger partial charge < -0.3 is 9.73 Å². The summed E-state index contributed by atoms with van der Waals surface area (Å²) in [5, 5.41) is 3.83. The average Bonchev–Trinajstić information content (AvgIpc) is 2.90. The molecule has 0 bridgehead atoms. The lowest BCUT2D eigenvalue weighted by Crippen LogP contribution is -2.21. The minimum Gasteiger partial charge on any atom is -0.468 e. The first-order valence-electron chi connectivity index (χ1n) is 5.44. The fraction of sp³-hybridized carbons (Fsp3) is 0.455. The van der Waals surface area contributed by atoms with Crippen molar-refractivity contribution in [2.75, 3.05) is 6.54 Å². The lowest BCUT2D eigenvalue weighted by atomic mass is 10.4. The Labute approximate surface area is 109 Å². The highest BCUT2D eigenvalue weighted by Gasteiger charge is 2.08. The van der Waals surface area contributed by atoms with E-state index in [9.17, 15) is 0 Å². The maximum atomic E-state index is 5.25. The van der Waals surface area contributed by atoms with E-state index >= 15 is 0 Å². The molecule has 17 heavy (non-hydrogen) atoms. The molecule has 0 saturated carbocycles. The molecule has 0 aliphatic rings. The summed E-state index contributed by atoms with van der Waals surface area (Å²) in [4.78, 5) is 4.33. The number of rotatable bonds is 6. The third-order valence-corrected chi connectivity index (χ3v) is 4.10. The van der Waals surface area contributed by atoms with Gasteiger partial charge in [-0.3, -0.25) is 0 Å². The van der Waals surface area contributed by atoms with Crippen LogP contribution in [-0.4, -0.2) is 21.2 Å². The summed E-state index contributed by atoms with van der Waals surface area (Å²) in [6, 6.07) is 3.87. The fourth-order valence-corrected chi connectivity index (χ4v) is 3.28. The van der Waals surface area contributed by atoms with Crippen molar-refractivity contribution in [1.29, 1.82) is 0 Å². The van der Waals surface area contributed by atoms with Crippen LogP contribution in [0.2, 0.25) is 0 Å². The number of nitrogens with one attached hydrogen (secondary N) is 1. The summed E-state index contributed by atoms with van der Waals surface area (Å²) in [7, 11) is 0. The minimum absolute atomic E-state index is 0.470. The third-order valence-electron chi connectivity index (χ3n) is 2.12. The molecule has 0 saturated heterocycles. The van der Waals surface area contributed by atoms with Crippen molar-refractivity contribution in [3.63, 3.8) is 0 Å². The van der Waals surface area contributed by atoms with Gasteiger partial charge in [-0.05, 0) is 30.6 Å². The van der Waals surface area contributed by atoms with E-state index in [4.69, 9.17) is 4.42 Å². The Bertz CT molecular complexity index is 441. The van der Waals surface area contributed by atoms with Gasteiger partial charge in [0.1, 0.15) is 11.6 Å². The highest BCUT2D eigenvalue weighted by atomic mass is 32.2. The maximum Gasteiger partial charge on any atom is 0.170 e. The van der Waals surface area contributed by atoms with E-state index in [1.165, 1.54) is 11.5 Å². The van der Waals surface area contributed by atoms with Crippen LogP contribution in [0.3, 0.4) is 0 Å². The first-order chi connectivity index (χ1) is 8.24. The Kier molecular flexibility index (Phi) is 4.58. The van der Waals surface area contributed by atoms with Crippen LogP contribution in [0.1, 0.15) is 18.5 Å². The van der Waals surface area contributed by atoms with E-state index in [1.54, 1.807) is 18.0 Å². The zero-order valence-corrected chi connectivity index (χ0v) is 11.5. The molecular weight excluding hydrogens is 254 g/mol. The molecule has 0 aliphatic heterocycles. The van der Waals surface area contributed by atoms with Gasteiger partial charge >= 0.3 is 0 Å². The van der Waals surface area contributed by atoms with E-state index in [1.807, 2.05) is 19.1 Å². The number of nitrogens with zero attached hydrogens (tertiary/aromatic N) is 2.